The summed E-state index contributed by atoms with van der Waals surface area (Å²) >= 11 is 0. The van der Waals surface area contributed by atoms with E-state index in [1.54, 1.807) is 39.8 Å². The number of fused-ring (bicyclic) bond motifs is 1. The van der Waals surface area contributed by atoms with Crippen LogP contribution < -0.4 is 10.6 Å². The summed E-state index contributed by atoms with van der Waals surface area (Å²) in [4.78, 5) is 42.7. The quantitative estimate of drug-likeness (QED) is 0.209. The Morgan fingerprint density at radius 3 is 2.23 bits per heavy atom. The van der Waals surface area contributed by atoms with Gasteiger partial charge in [-0.05, 0) is 80.8 Å². The van der Waals surface area contributed by atoms with Crippen molar-refractivity contribution in [2.45, 2.75) is 58.7 Å². The van der Waals surface area contributed by atoms with E-state index in [0.29, 0.717) is 11.3 Å². The van der Waals surface area contributed by atoms with Crippen molar-refractivity contribution in [1.29, 1.82) is 0 Å². The third-order valence-corrected chi connectivity index (χ3v) is 6.92. The van der Waals surface area contributed by atoms with Gasteiger partial charge in [0.1, 0.15) is 23.4 Å². The minimum absolute atomic E-state index is 0.0896. The standard InChI is InChI=1S/C35H39N3O5/c1-6-38(33(41)30(37-34(42)43-35(3,4)5)21-24-14-18-29(39)19-15-24)31(27-13-9-10-23(2)20-27)32(40)36-28-17-16-25-11-7-8-12-26(25)22-28/h7-20,22,30-31,39H,6,21H2,1-5H3,(H,36,40)(H,37,42). The highest BCUT2D eigenvalue weighted by Crippen LogP contribution is 2.27. The average Bonchev–Trinajstić information content (AvgIpc) is 2.95. The molecule has 0 bridgehead atoms. The predicted molar refractivity (Wildman–Crippen MR) is 169 cm³/mol. The molecule has 2 unspecified atom stereocenters. The normalized spacial score (nSPS) is 12.7. The van der Waals surface area contributed by atoms with Crippen molar-refractivity contribution in [3.63, 3.8) is 0 Å². The van der Waals surface area contributed by atoms with Crippen LogP contribution >= 0.6 is 0 Å². The Labute approximate surface area is 252 Å². The number of aromatic hydroxyl groups is 1. The van der Waals surface area contributed by atoms with Gasteiger partial charge in [0.05, 0.1) is 0 Å². The highest BCUT2D eigenvalue weighted by Gasteiger charge is 2.36. The number of nitrogens with one attached hydrogen (secondary N) is 2. The van der Waals surface area contributed by atoms with Crippen molar-refractivity contribution in [2.75, 3.05) is 11.9 Å². The number of alkyl carbamates (subject to hydrolysis) is 1. The molecular formula is C35H39N3O5. The van der Waals surface area contributed by atoms with E-state index in [-0.39, 0.29) is 24.6 Å². The summed E-state index contributed by atoms with van der Waals surface area (Å²) in [7, 11) is 0. The lowest BCUT2D eigenvalue weighted by Gasteiger charge is -2.34. The lowest BCUT2D eigenvalue weighted by atomic mass is 9.99. The molecule has 0 aromatic heterocycles. The fourth-order valence-electron chi connectivity index (χ4n) is 4.97. The first-order valence-corrected chi connectivity index (χ1v) is 14.4. The van der Waals surface area contributed by atoms with Gasteiger partial charge in [-0.25, -0.2) is 4.79 Å². The second kappa shape index (κ2) is 13.4. The Hall–Kier alpha value is -4.85. The van der Waals surface area contributed by atoms with Crippen molar-refractivity contribution < 1.29 is 24.2 Å². The molecule has 224 valence electrons. The molecule has 0 heterocycles. The Balaban J connectivity index is 1.69. The molecule has 0 spiro atoms. The summed E-state index contributed by atoms with van der Waals surface area (Å²) in [6.07, 6.45) is -0.616. The van der Waals surface area contributed by atoms with E-state index in [0.717, 1.165) is 21.9 Å². The van der Waals surface area contributed by atoms with Crippen LogP contribution in [0.25, 0.3) is 10.8 Å². The second-order valence-electron chi connectivity index (χ2n) is 11.6. The van der Waals surface area contributed by atoms with Gasteiger partial charge in [-0.1, -0.05) is 72.3 Å². The molecule has 43 heavy (non-hydrogen) atoms. The number of carbonyl (C=O) groups is 3. The van der Waals surface area contributed by atoms with Gasteiger partial charge in [-0.2, -0.15) is 0 Å². The summed E-state index contributed by atoms with van der Waals surface area (Å²) in [6.45, 7) is 9.16. The van der Waals surface area contributed by atoms with E-state index in [9.17, 15) is 19.5 Å². The Morgan fingerprint density at radius 1 is 0.884 bits per heavy atom. The van der Waals surface area contributed by atoms with Crippen LogP contribution in [-0.2, 0) is 20.7 Å². The molecule has 0 saturated heterocycles. The molecule has 3 amide bonds. The zero-order valence-electron chi connectivity index (χ0n) is 25.3. The zero-order chi connectivity index (χ0) is 31.1. The lowest BCUT2D eigenvalue weighted by Crippen LogP contribution is -2.53. The summed E-state index contributed by atoms with van der Waals surface area (Å²) < 4.78 is 5.47. The number of rotatable bonds is 9. The fraction of sp³-hybridized carbons (Fsp3) is 0.286. The first-order chi connectivity index (χ1) is 20.4. The number of aryl methyl sites for hydroxylation is 1. The molecule has 0 aliphatic carbocycles. The molecular weight excluding hydrogens is 542 g/mol. The van der Waals surface area contributed by atoms with Gasteiger partial charge < -0.3 is 25.4 Å². The van der Waals surface area contributed by atoms with E-state index in [4.69, 9.17) is 4.74 Å². The Morgan fingerprint density at radius 2 is 1.58 bits per heavy atom. The molecule has 0 aliphatic heterocycles. The van der Waals surface area contributed by atoms with Gasteiger partial charge in [0.15, 0.2) is 0 Å². The predicted octanol–water partition coefficient (Wildman–Crippen LogP) is 6.52. The third kappa shape index (κ3) is 8.35. The number of benzene rings is 4. The number of nitrogens with zero attached hydrogens (tertiary/aromatic N) is 1. The van der Waals surface area contributed by atoms with Gasteiger partial charge in [-0.3, -0.25) is 9.59 Å². The highest BCUT2D eigenvalue weighted by atomic mass is 16.6. The summed E-state index contributed by atoms with van der Waals surface area (Å²) in [5, 5.41) is 17.5. The highest BCUT2D eigenvalue weighted by molar-refractivity contribution is 6.00. The molecule has 0 aliphatic rings. The van der Waals surface area contributed by atoms with Crippen molar-refractivity contribution >= 4 is 34.4 Å². The molecule has 8 heteroatoms. The van der Waals surface area contributed by atoms with Gasteiger partial charge in [0, 0.05) is 18.7 Å². The maximum absolute atomic E-state index is 14.3. The third-order valence-electron chi connectivity index (χ3n) is 6.92. The summed E-state index contributed by atoms with van der Waals surface area (Å²) in [5.41, 5.74) is 2.14. The van der Waals surface area contributed by atoms with E-state index in [1.165, 1.54) is 17.0 Å². The molecule has 4 aromatic rings. The molecule has 3 N–H and O–H groups in total. The number of likely N-dealkylation sites (N-methyl/N-ethyl adjacent to an activating group) is 1. The minimum Gasteiger partial charge on any atom is -0.508 e. The topological polar surface area (TPSA) is 108 Å². The van der Waals surface area contributed by atoms with Crippen LogP contribution in [0.5, 0.6) is 5.75 Å². The smallest absolute Gasteiger partial charge is 0.408 e. The van der Waals surface area contributed by atoms with E-state index in [2.05, 4.69) is 10.6 Å². The average molecular weight is 582 g/mol. The van der Waals surface area contributed by atoms with E-state index < -0.39 is 29.7 Å². The SMILES string of the molecule is CCN(C(=O)C(Cc1ccc(O)cc1)NC(=O)OC(C)(C)C)C(C(=O)Nc1ccc2ccccc2c1)c1cccc(C)c1. The van der Waals surface area contributed by atoms with Crippen molar-refractivity contribution in [1.82, 2.24) is 10.2 Å². The van der Waals surface area contributed by atoms with Crippen LogP contribution in [0, 0.1) is 6.92 Å². The number of carbonyl (C=O) groups excluding carboxylic acids is 3. The van der Waals surface area contributed by atoms with E-state index in [1.807, 2.05) is 73.7 Å². The minimum atomic E-state index is -1.04. The van der Waals surface area contributed by atoms with Crippen LogP contribution in [-0.4, -0.2) is 46.1 Å². The summed E-state index contributed by atoms with van der Waals surface area (Å²) in [5.74, 6) is -0.731. The number of hydrogen-bond donors (Lipinski definition) is 3. The molecule has 2 atom stereocenters. The van der Waals surface area contributed by atoms with Crippen LogP contribution in [0.1, 0.15) is 50.4 Å². The molecule has 8 nitrogen and oxygen atoms in total. The zero-order valence-corrected chi connectivity index (χ0v) is 25.3. The lowest BCUT2D eigenvalue weighted by molar-refractivity contribution is -0.140. The van der Waals surface area contributed by atoms with Gasteiger partial charge in [-0.15, -0.1) is 0 Å². The molecule has 4 rings (SSSR count). The molecule has 0 fully saturated rings. The van der Waals surface area contributed by atoms with Crippen molar-refractivity contribution in [2.24, 2.45) is 0 Å². The first kappa shape index (κ1) is 31.1. The fourth-order valence-corrected chi connectivity index (χ4v) is 4.97. The maximum atomic E-state index is 14.3. The number of anilines is 1. The second-order valence-corrected chi connectivity index (χ2v) is 11.6. The number of phenolic OH excluding ortho intramolecular Hbond substituents is 1. The Bertz CT molecular complexity index is 1590. The van der Waals surface area contributed by atoms with Gasteiger partial charge in [0.2, 0.25) is 5.91 Å². The number of phenols is 1. The van der Waals surface area contributed by atoms with Gasteiger partial charge >= 0.3 is 6.09 Å². The largest absolute Gasteiger partial charge is 0.508 e. The first-order valence-electron chi connectivity index (χ1n) is 14.4. The molecule has 4 aromatic carbocycles. The van der Waals surface area contributed by atoms with Crippen LogP contribution in [0.2, 0.25) is 0 Å². The number of ether oxygens (including phenoxy) is 1. The maximum Gasteiger partial charge on any atom is 0.408 e. The van der Waals surface area contributed by atoms with Crippen LogP contribution in [0.15, 0.2) is 91.0 Å². The van der Waals surface area contributed by atoms with Crippen molar-refractivity contribution in [3.8, 4) is 5.75 Å². The molecule has 0 radical (unpaired) electrons. The number of amides is 3. The molecule has 0 saturated carbocycles. The van der Waals surface area contributed by atoms with E-state index >= 15 is 0 Å². The van der Waals surface area contributed by atoms with Crippen molar-refractivity contribution in [3.05, 3.63) is 108 Å². The van der Waals surface area contributed by atoms with Gasteiger partial charge in [0.25, 0.3) is 5.91 Å². The monoisotopic (exact) mass is 581 g/mol. The van der Waals surface area contributed by atoms with Crippen LogP contribution in [0.4, 0.5) is 10.5 Å². The van der Waals surface area contributed by atoms with Crippen LogP contribution in [0.3, 0.4) is 0 Å². The Kier molecular flexibility index (Phi) is 9.70. The number of hydrogen-bond acceptors (Lipinski definition) is 5. The summed E-state index contributed by atoms with van der Waals surface area (Å²) in [6, 6.07) is 25.4.